The van der Waals surface area contributed by atoms with Gasteiger partial charge in [0.15, 0.2) is 6.79 Å². The number of rotatable bonds is 6. The summed E-state index contributed by atoms with van der Waals surface area (Å²) >= 11 is 0. The van der Waals surface area contributed by atoms with Gasteiger partial charge in [0.05, 0.1) is 13.2 Å². The van der Waals surface area contributed by atoms with Crippen LogP contribution < -0.4 is 5.56 Å². The fraction of sp³-hybridized carbons (Fsp3) is 0.400. The van der Waals surface area contributed by atoms with Crippen LogP contribution in [0.3, 0.4) is 0 Å². The number of aromatic nitrogens is 1. The van der Waals surface area contributed by atoms with Gasteiger partial charge in [-0.1, -0.05) is 6.07 Å². The van der Waals surface area contributed by atoms with Crippen LogP contribution >= 0.6 is 0 Å². The Balaban J connectivity index is 2.33. The number of hydrogen-bond donors (Lipinski definition) is 1. The van der Waals surface area contributed by atoms with Crippen LogP contribution in [0.25, 0.3) is 0 Å². The lowest BCUT2D eigenvalue weighted by molar-refractivity contribution is -0.0439. The first-order valence-electron chi connectivity index (χ1n) is 4.67. The van der Waals surface area contributed by atoms with Crippen LogP contribution in [0.1, 0.15) is 10.5 Å². The molecular formula is C10H13NO5. The highest BCUT2D eigenvalue weighted by Crippen LogP contribution is 1.94. The maximum Gasteiger partial charge on any atom is 0.356 e. The van der Waals surface area contributed by atoms with Crippen LogP contribution in [0, 0.1) is 0 Å². The molecule has 6 nitrogen and oxygen atoms in total. The molecule has 88 valence electrons. The zero-order valence-corrected chi connectivity index (χ0v) is 8.89. The first kappa shape index (κ1) is 12.4. The second-order valence-electron chi connectivity index (χ2n) is 2.88. The molecule has 6 heteroatoms. The van der Waals surface area contributed by atoms with E-state index >= 15 is 0 Å². The van der Waals surface area contributed by atoms with Crippen LogP contribution in [0.2, 0.25) is 0 Å². The largest absolute Gasteiger partial charge is 0.434 e. The molecule has 0 aromatic carbocycles. The third-order valence-electron chi connectivity index (χ3n) is 1.69. The SMILES string of the molecule is COCCOCOC(=O)c1cccc(=O)[nH]1. The van der Waals surface area contributed by atoms with Crippen LogP contribution in [0.15, 0.2) is 23.0 Å². The summed E-state index contributed by atoms with van der Waals surface area (Å²) in [6.07, 6.45) is 0. The average molecular weight is 227 g/mol. The number of pyridine rings is 1. The third kappa shape index (κ3) is 4.24. The van der Waals surface area contributed by atoms with E-state index < -0.39 is 5.97 Å². The van der Waals surface area contributed by atoms with E-state index in [4.69, 9.17) is 14.2 Å². The molecule has 0 saturated carbocycles. The van der Waals surface area contributed by atoms with E-state index in [1.54, 1.807) is 7.11 Å². The Bertz CT molecular complexity index is 387. The Morgan fingerprint density at radius 3 is 2.88 bits per heavy atom. The Kier molecular flexibility index (Phi) is 5.24. The molecule has 0 aliphatic carbocycles. The molecule has 0 amide bonds. The minimum absolute atomic E-state index is 0.0999. The van der Waals surface area contributed by atoms with Gasteiger partial charge in [0.1, 0.15) is 5.69 Å². The molecule has 0 bridgehead atoms. The van der Waals surface area contributed by atoms with E-state index in [2.05, 4.69) is 4.98 Å². The molecule has 0 aliphatic heterocycles. The fourth-order valence-electron chi connectivity index (χ4n) is 0.941. The molecule has 1 heterocycles. The van der Waals surface area contributed by atoms with Crippen molar-refractivity contribution in [1.29, 1.82) is 0 Å². The molecule has 1 rings (SSSR count). The van der Waals surface area contributed by atoms with Crippen molar-refractivity contribution in [2.45, 2.75) is 0 Å². The van der Waals surface area contributed by atoms with Gasteiger partial charge in [-0.2, -0.15) is 0 Å². The molecule has 0 saturated heterocycles. The van der Waals surface area contributed by atoms with Gasteiger partial charge in [0, 0.05) is 13.2 Å². The molecular weight excluding hydrogens is 214 g/mol. The summed E-state index contributed by atoms with van der Waals surface area (Å²) in [7, 11) is 1.55. The lowest BCUT2D eigenvalue weighted by Crippen LogP contribution is -2.16. The average Bonchev–Trinajstić information content (AvgIpc) is 2.28. The van der Waals surface area contributed by atoms with E-state index in [0.29, 0.717) is 13.2 Å². The fourth-order valence-corrected chi connectivity index (χ4v) is 0.941. The number of hydrogen-bond acceptors (Lipinski definition) is 5. The summed E-state index contributed by atoms with van der Waals surface area (Å²) < 4.78 is 14.4. The molecule has 1 aromatic rings. The number of methoxy groups -OCH3 is 1. The highest BCUT2D eigenvalue weighted by Gasteiger charge is 2.06. The normalized spacial score (nSPS) is 10.1. The number of aromatic amines is 1. The van der Waals surface area contributed by atoms with Crippen molar-refractivity contribution in [3.8, 4) is 0 Å². The van der Waals surface area contributed by atoms with E-state index in [1.165, 1.54) is 18.2 Å². The van der Waals surface area contributed by atoms with Crippen LogP contribution in [-0.2, 0) is 14.2 Å². The van der Waals surface area contributed by atoms with Gasteiger partial charge >= 0.3 is 5.97 Å². The lowest BCUT2D eigenvalue weighted by Gasteiger charge is -2.05. The highest BCUT2D eigenvalue weighted by atomic mass is 16.7. The number of carbonyl (C=O) groups excluding carboxylic acids is 1. The summed E-state index contributed by atoms with van der Waals surface area (Å²) in [5, 5.41) is 0. The molecule has 0 unspecified atom stereocenters. The number of esters is 1. The standard InChI is InChI=1S/C10H13NO5/c1-14-5-6-15-7-16-10(13)8-3-2-4-9(12)11-8/h2-4H,5-7H2,1H3,(H,11,12). The van der Waals surface area contributed by atoms with E-state index in [-0.39, 0.29) is 18.0 Å². The first-order valence-corrected chi connectivity index (χ1v) is 4.67. The molecule has 1 N–H and O–H groups in total. The number of nitrogens with one attached hydrogen (secondary N) is 1. The van der Waals surface area contributed by atoms with Gasteiger partial charge in [-0.25, -0.2) is 4.79 Å². The van der Waals surface area contributed by atoms with Crippen molar-refractivity contribution < 1.29 is 19.0 Å². The van der Waals surface area contributed by atoms with Gasteiger partial charge in [0.2, 0.25) is 5.56 Å². The number of H-pyrrole nitrogens is 1. The predicted octanol–water partition coefficient (Wildman–Crippen LogP) is 0.152. The van der Waals surface area contributed by atoms with Gasteiger partial charge in [0.25, 0.3) is 0 Å². The molecule has 0 spiro atoms. The van der Waals surface area contributed by atoms with Crippen molar-refractivity contribution in [1.82, 2.24) is 4.98 Å². The Morgan fingerprint density at radius 1 is 1.38 bits per heavy atom. The topological polar surface area (TPSA) is 77.6 Å². The Morgan fingerprint density at radius 2 is 2.19 bits per heavy atom. The van der Waals surface area contributed by atoms with Crippen LogP contribution in [-0.4, -0.2) is 38.1 Å². The zero-order chi connectivity index (χ0) is 11.8. The second-order valence-corrected chi connectivity index (χ2v) is 2.88. The van der Waals surface area contributed by atoms with E-state index in [9.17, 15) is 9.59 Å². The Labute approximate surface area is 92.1 Å². The predicted molar refractivity (Wildman–Crippen MR) is 55.2 cm³/mol. The maximum absolute atomic E-state index is 11.3. The zero-order valence-electron chi connectivity index (χ0n) is 8.89. The van der Waals surface area contributed by atoms with E-state index in [0.717, 1.165) is 0 Å². The first-order chi connectivity index (χ1) is 7.74. The summed E-state index contributed by atoms with van der Waals surface area (Å²) in [6.45, 7) is 0.605. The summed E-state index contributed by atoms with van der Waals surface area (Å²) in [5.74, 6) is -0.630. The van der Waals surface area contributed by atoms with Gasteiger partial charge in [-0.3, -0.25) is 4.79 Å². The second kappa shape index (κ2) is 6.76. The van der Waals surface area contributed by atoms with Gasteiger partial charge in [-0.05, 0) is 6.07 Å². The quantitative estimate of drug-likeness (QED) is 0.425. The minimum Gasteiger partial charge on any atom is -0.434 e. The minimum atomic E-state index is -0.630. The molecule has 0 radical (unpaired) electrons. The molecule has 0 aliphatic rings. The number of ether oxygens (including phenoxy) is 3. The molecule has 16 heavy (non-hydrogen) atoms. The van der Waals surface area contributed by atoms with Crippen LogP contribution in [0.5, 0.6) is 0 Å². The van der Waals surface area contributed by atoms with Gasteiger partial charge in [-0.15, -0.1) is 0 Å². The maximum atomic E-state index is 11.3. The monoisotopic (exact) mass is 227 g/mol. The number of carbonyl (C=O) groups is 1. The van der Waals surface area contributed by atoms with Gasteiger partial charge < -0.3 is 19.2 Å². The smallest absolute Gasteiger partial charge is 0.356 e. The van der Waals surface area contributed by atoms with Crippen molar-refractivity contribution in [3.63, 3.8) is 0 Å². The van der Waals surface area contributed by atoms with Crippen molar-refractivity contribution >= 4 is 5.97 Å². The van der Waals surface area contributed by atoms with Crippen LogP contribution in [0.4, 0.5) is 0 Å². The van der Waals surface area contributed by atoms with Crippen molar-refractivity contribution in [2.75, 3.05) is 27.1 Å². The van der Waals surface area contributed by atoms with Crippen molar-refractivity contribution in [3.05, 3.63) is 34.2 Å². The summed E-state index contributed by atoms with van der Waals surface area (Å²) in [5.41, 5.74) is -0.252. The van der Waals surface area contributed by atoms with Crippen molar-refractivity contribution in [2.24, 2.45) is 0 Å². The van der Waals surface area contributed by atoms with E-state index in [1.807, 2.05) is 0 Å². The Hall–Kier alpha value is -1.66. The molecule has 1 aromatic heterocycles. The third-order valence-corrected chi connectivity index (χ3v) is 1.69. The molecule has 0 fully saturated rings. The summed E-state index contributed by atoms with van der Waals surface area (Å²) in [4.78, 5) is 24.6. The molecule has 0 atom stereocenters. The lowest BCUT2D eigenvalue weighted by atomic mass is 10.3. The summed E-state index contributed by atoms with van der Waals surface area (Å²) in [6, 6.07) is 4.24. The highest BCUT2D eigenvalue weighted by molar-refractivity contribution is 5.86.